The number of aromatic nitrogens is 1. The highest BCUT2D eigenvalue weighted by atomic mass is 32.2. The number of halogens is 1. The highest BCUT2D eigenvalue weighted by Gasteiger charge is 2.32. The van der Waals surface area contributed by atoms with E-state index in [1.807, 2.05) is 5.38 Å². The van der Waals surface area contributed by atoms with Gasteiger partial charge in [0, 0.05) is 48.2 Å². The summed E-state index contributed by atoms with van der Waals surface area (Å²) in [4.78, 5) is 15.9. The zero-order valence-electron chi connectivity index (χ0n) is 21.2. The van der Waals surface area contributed by atoms with Gasteiger partial charge >= 0.3 is 0 Å². The maximum atomic E-state index is 13.7. The summed E-state index contributed by atoms with van der Waals surface area (Å²) in [5, 5.41) is 20.4. The van der Waals surface area contributed by atoms with Crippen molar-refractivity contribution in [1.29, 1.82) is 0 Å². The third kappa shape index (κ3) is 5.01. The summed E-state index contributed by atoms with van der Waals surface area (Å²) in [6.07, 6.45) is 2.20. The summed E-state index contributed by atoms with van der Waals surface area (Å²) in [5.41, 5.74) is 3.54. The first-order chi connectivity index (χ1) is 19.3. The summed E-state index contributed by atoms with van der Waals surface area (Å²) in [6, 6.07) is 19.0. The first-order valence-electron chi connectivity index (χ1n) is 12.7. The number of nitro groups is 1. The van der Waals surface area contributed by atoms with Crippen LogP contribution in [0.4, 0.5) is 15.2 Å². The van der Waals surface area contributed by atoms with Gasteiger partial charge in [0.2, 0.25) is 15.2 Å². The SMILES string of the molecule is O=[N+]([O-])c1cccc(C2=NN(c3nc(-c4ccc(S(=O)(=O)N5CCCC5)cc4)cs3)[C@@H](c3ccc(F)cc3)C2)c1. The minimum atomic E-state index is -3.51. The van der Waals surface area contributed by atoms with E-state index in [-0.39, 0.29) is 22.4 Å². The van der Waals surface area contributed by atoms with Crippen molar-refractivity contribution in [3.8, 4) is 11.3 Å². The van der Waals surface area contributed by atoms with E-state index >= 15 is 0 Å². The molecule has 12 heteroatoms. The van der Waals surface area contributed by atoms with Gasteiger partial charge in [-0.15, -0.1) is 11.3 Å². The number of nitro benzene ring substituents is 1. The van der Waals surface area contributed by atoms with E-state index in [0.29, 0.717) is 41.6 Å². The third-order valence-electron chi connectivity index (χ3n) is 7.10. The van der Waals surface area contributed by atoms with Crippen molar-refractivity contribution < 1.29 is 17.7 Å². The van der Waals surface area contributed by atoms with Crippen molar-refractivity contribution in [1.82, 2.24) is 9.29 Å². The second-order valence-electron chi connectivity index (χ2n) is 9.62. The van der Waals surface area contributed by atoms with E-state index in [0.717, 1.165) is 24.0 Å². The fraction of sp³-hybridized carbons (Fsp3) is 0.214. The molecule has 0 unspecified atom stereocenters. The maximum absolute atomic E-state index is 13.7. The average molecular weight is 578 g/mol. The van der Waals surface area contributed by atoms with Crippen molar-refractivity contribution in [2.24, 2.45) is 5.10 Å². The van der Waals surface area contributed by atoms with Gasteiger partial charge in [-0.05, 0) is 42.7 Å². The number of non-ortho nitro benzene ring substituents is 1. The van der Waals surface area contributed by atoms with Gasteiger partial charge in [-0.25, -0.2) is 22.8 Å². The molecule has 0 aliphatic carbocycles. The summed E-state index contributed by atoms with van der Waals surface area (Å²) in [5.74, 6) is -0.347. The zero-order valence-corrected chi connectivity index (χ0v) is 22.8. The molecule has 1 fully saturated rings. The van der Waals surface area contributed by atoms with Crippen LogP contribution in [0.1, 0.15) is 36.4 Å². The monoisotopic (exact) mass is 577 g/mol. The predicted molar refractivity (Wildman–Crippen MR) is 151 cm³/mol. The lowest BCUT2D eigenvalue weighted by atomic mass is 9.98. The molecule has 0 bridgehead atoms. The number of hydrogen-bond donors (Lipinski definition) is 0. The molecule has 4 aromatic rings. The van der Waals surface area contributed by atoms with Crippen LogP contribution < -0.4 is 5.01 Å². The van der Waals surface area contributed by atoms with Crippen LogP contribution in [0, 0.1) is 15.9 Å². The Labute approximate surface area is 234 Å². The Morgan fingerprint density at radius 1 is 0.975 bits per heavy atom. The fourth-order valence-corrected chi connectivity index (χ4v) is 7.33. The zero-order chi connectivity index (χ0) is 27.9. The number of thiazole rings is 1. The highest BCUT2D eigenvalue weighted by Crippen LogP contribution is 2.40. The Kier molecular flexibility index (Phi) is 6.90. The molecule has 0 spiro atoms. The van der Waals surface area contributed by atoms with Crippen LogP contribution in [0.3, 0.4) is 0 Å². The highest BCUT2D eigenvalue weighted by molar-refractivity contribution is 7.89. The van der Waals surface area contributed by atoms with Crippen LogP contribution in [-0.2, 0) is 10.0 Å². The van der Waals surface area contributed by atoms with Crippen molar-refractivity contribution in [2.75, 3.05) is 18.1 Å². The molecule has 1 saturated heterocycles. The molecular weight excluding hydrogens is 553 g/mol. The van der Waals surface area contributed by atoms with Crippen molar-refractivity contribution in [3.63, 3.8) is 0 Å². The lowest BCUT2D eigenvalue weighted by Gasteiger charge is -2.21. The van der Waals surface area contributed by atoms with Gasteiger partial charge in [0.25, 0.3) is 5.69 Å². The summed E-state index contributed by atoms with van der Waals surface area (Å²) >= 11 is 1.38. The lowest BCUT2D eigenvalue weighted by Crippen LogP contribution is -2.27. The number of rotatable bonds is 7. The van der Waals surface area contributed by atoms with Gasteiger partial charge in [0.15, 0.2) is 0 Å². The number of nitrogens with zero attached hydrogens (tertiary/aromatic N) is 5. The van der Waals surface area contributed by atoms with Gasteiger partial charge in [0.1, 0.15) is 5.82 Å². The quantitative estimate of drug-likeness (QED) is 0.197. The number of hydrogen-bond acceptors (Lipinski definition) is 8. The molecule has 2 aliphatic rings. The van der Waals surface area contributed by atoms with Crippen LogP contribution in [-0.4, -0.2) is 41.4 Å². The van der Waals surface area contributed by atoms with Gasteiger partial charge < -0.3 is 0 Å². The summed E-state index contributed by atoms with van der Waals surface area (Å²) in [6.45, 7) is 1.09. The standard InChI is InChI=1S/C28H24FN5O4S2/c29-22-10-6-20(7-11-22)27-17-25(21-4-3-5-23(16-21)34(35)36)31-33(27)28-30-26(18-39-28)19-8-12-24(13-9-19)40(37,38)32-14-1-2-15-32/h3-13,16,18,27H,1-2,14-15,17H2/t27-/m1/s1. The van der Waals surface area contributed by atoms with E-state index in [2.05, 4.69) is 0 Å². The van der Waals surface area contributed by atoms with E-state index in [1.54, 1.807) is 53.5 Å². The molecule has 2 aliphatic heterocycles. The molecule has 204 valence electrons. The fourth-order valence-electron chi connectivity index (χ4n) is 4.98. The smallest absolute Gasteiger partial charge is 0.258 e. The Morgan fingerprint density at radius 3 is 2.40 bits per heavy atom. The molecule has 0 amide bonds. The molecule has 1 atom stereocenters. The molecule has 0 radical (unpaired) electrons. The average Bonchev–Trinajstić information content (AvgIpc) is 3.75. The van der Waals surface area contributed by atoms with Gasteiger partial charge in [-0.2, -0.15) is 9.41 Å². The molecule has 0 saturated carbocycles. The Hall–Kier alpha value is -4.00. The van der Waals surface area contributed by atoms with Crippen LogP contribution in [0.15, 0.2) is 88.2 Å². The van der Waals surface area contributed by atoms with Gasteiger partial charge in [0.05, 0.1) is 27.3 Å². The van der Waals surface area contributed by atoms with Crippen molar-refractivity contribution in [3.05, 3.63) is 105 Å². The molecule has 40 heavy (non-hydrogen) atoms. The van der Waals surface area contributed by atoms with Gasteiger partial charge in [-0.1, -0.05) is 36.4 Å². The third-order valence-corrected chi connectivity index (χ3v) is 9.84. The van der Waals surface area contributed by atoms with Gasteiger partial charge in [-0.3, -0.25) is 10.1 Å². The van der Waals surface area contributed by atoms with Crippen LogP contribution in [0.2, 0.25) is 0 Å². The molecule has 0 N–H and O–H groups in total. The van der Waals surface area contributed by atoms with E-state index in [9.17, 15) is 22.9 Å². The maximum Gasteiger partial charge on any atom is 0.270 e. The number of benzene rings is 3. The molecule has 9 nitrogen and oxygen atoms in total. The van der Waals surface area contributed by atoms with E-state index in [4.69, 9.17) is 10.1 Å². The minimum absolute atomic E-state index is 0.0243. The van der Waals surface area contributed by atoms with Crippen LogP contribution >= 0.6 is 11.3 Å². The normalized spacial score (nSPS) is 17.8. The molecule has 6 rings (SSSR count). The number of anilines is 1. The van der Waals surface area contributed by atoms with Crippen molar-refractivity contribution >= 4 is 37.9 Å². The minimum Gasteiger partial charge on any atom is -0.258 e. The molecular formula is C28H24FN5O4S2. The first-order valence-corrected chi connectivity index (χ1v) is 15.0. The topological polar surface area (TPSA) is 109 Å². The molecule has 3 aromatic carbocycles. The Bertz CT molecular complexity index is 1700. The number of sulfonamides is 1. The Balaban J connectivity index is 1.31. The second kappa shape index (κ2) is 10.5. The van der Waals surface area contributed by atoms with E-state index in [1.165, 1.54) is 39.9 Å². The number of hydrazone groups is 1. The van der Waals surface area contributed by atoms with E-state index < -0.39 is 14.9 Å². The van der Waals surface area contributed by atoms with Crippen molar-refractivity contribution in [2.45, 2.75) is 30.2 Å². The second-order valence-corrected chi connectivity index (χ2v) is 12.4. The molecule has 1 aromatic heterocycles. The van der Waals surface area contributed by atoms with Crippen LogP contribution in [0.5, 0.6) is 0 Å². The summed E-state index contributed by atoms with van der Waals surface area (Å²) < 4.78 is 41.0. The largest absolute Gasteiger partial charge is 0.270 e. The lowest BCUT2D eigenvalue weighted by molar-refractivity contribution is -0.384. The first kappa shape index (κ1) is 26.2. The van der Waals surface area contributed by atoms with Crippen LogP contribution in [0.25, 0.3) is 11.3 Å². The molecule has 3 heterocycles. The predicted octanol–water partition coefficient (Wildman–Crippen LogP) is 6.00. The Morgan fingerprint density at radius 2 is 1.70 bits per heavy atom. The summed E-state index contributed by atoms with van der Waals surface area (Å²) in [7, 11) is -3.51.